The third-order valence-electron chi connectivity index (χ3n) is 1.65. The number of carbonyl (C=O) groups is 1. The van der Waals surface area contributed by atoms with Crippen LogP contribution in [0, 0.1) is 5.41 Å². The smallest absolute Gasteiger partial charge is 0.220 e. The minimum Gasteiger partial charge on any atom is -0.356 e. The molecule has 0 fully saturated rings. The predicted molar refractivity (Wildman–Crippen MR) is 55.6 cm³/mol. The Morgan fingerprint density at radius 2 is 1.92 bits per heavy atom. The van der Waals surface area contributed by atoms with Crippen LogP contribution in [0.15, 0.2) is 0 Å². The standard InChI is InChI=1S/C10H22N2O/c1-10(2,3)8-12-9(13)6-5-7-11-4/h11H,5-8H2,1-4H3,(H,12,13). The Labute approximate surface area is 81.3 Å². The van der Waals surface area contributed by atoms with Crippen molar-refractivity contribution in [2.75, 3.05) is 20.1 Å². The average Bonchev–Trinajstić information content (AvgIpc) is 2.00. The SMILES string of the molecule is CNCCCC(=O)NCC(C)(C)C. The molecule has 0 spiro atoms. The van der Waals surface area contributed by atoms with Crippen molar-refractivity contribution in [1.29, 1.82) is 0 Å². The first-order valence-electron chi connectivity index (χ1n) is 4.87. The van der Waals surface area contributed by atoms with Gasteiger partial charge in [0.05, 0.1) is 0 Å². The van der Waals surface area contributed by atoms with Crippen LogP contribution in [0.5, 0.6) is 0 Å². The molecule has 0 aliphatic carbocycles. The molecular weight excluding hydrogens is 164 g/mol. The summed E-state index contributed by atoms with van der Waals surface area (Å²) in [5.41, 5.74) is 0.179. The number of rotatable bonds is 5. The lowest BCUT2D eigenvalue weighted by Crippen LogP contribution is -2.32. The molecule has 0 aromatic heterocycles. The molecule has 0 aliphatic heterocycles. The highest BCUT2D eigenvalue weighted by atomic mass is 16.1. The Hall–Kier alpha value is -0.570. The van der Waals surface area contributed by atoms with Gasteiger partial charge in [0.2, 0.25) is 5.91 Å². The summed E-state index contributed by atoms with van der Waals surface area (Å²) in [5, 5.41) is 5.93. The zero-order valence-electron chi connectivity index (χ0n) is 9.24. The molecule has 0 aromatic carbocycles. The van der Waals surface area contributed by atoms with Gasteiger partial charge < -0.3 is 10.6 Å². The topological polar surface area (TPSA) is 41.1 Å². The molecule has 3 nitrogen and oxygen atoms in total. The van der Waals surface area contributed by atoms with Crippen LogP contribution in [0.3, 0.4) is 0 Å². The van der Waals surface area contributed by atoms with E-state index in [1.54, 1.807) is 0 Å². The van der Waals surface area contributed by atoms with Crippen molar-refractivity contribution in [3.8, 4) is 0 Å². The van der Waals surface area contributed by atoms with Gasteiger partial charge in [-0.3, -0.25) is 4.79 Å². The van der Waals surface area contributed by atoms with Crippen molar-refractivity contribution in [2.24, 2.45) is 5.41 Å². The van der Waals surface area contributed by atoms with E-state index in [1.807, 2.05) is 7.05 Å². The number of carbonyl (C=O) groups excluding carboxylic acids is 1. The van der Waals surface area contributed by atoms with Crippen LogP contribution in [-0.4, -0.2) is 26.0 Å². The molecule has 0 unspecified atom stereocenters. The fourth-order valence-corrected chi connectivity index (χ4v) is 0.878. The maximum atomic E-state index is 11.2. The molecule has 0 aliphatic rings. The summed E-state index contributed by atoms with van der Waals surface area (Å²) in [5.74, 6) is 0.158. The Morgan fingerprint density at radius 3 is 2.38 bits per heavy atom. The second-order valence-electron chi connectivity index (χ2n) is 4.54. The van der Waals surface area contributed by atoms with Gasteiger partial charge in [0.15, 0.2) is 0 Å². The van der Waals surface area contributed by atoms with Crippen LogP contribution in [0.25, 0.3) is 0 Å². The Balaban J connectivity index is 3.41. The lowest BCUT2D eigenvalue weighted by atomic mass is 9.97. The first-order chi connectivity index (χ1) is 5.95. The van der Waals surface area contributed by atoms with E-state index in [1.165, 1.54) is 0 Å². The van der Waals surface area contributed by atoms with Crippen molar-refractivity contribution < 1.29 is 4.79 Å². The summed E-state index contributed by atoms with van der Waals surface area (Å²) in [7, 11) is 1.90. The number of nitrogens with one attached hydrogen (secondary N) is 2. The van der Waals surface area contributed by atoms with Crippen LogP contribution in [0.2, 0.25) is 0 Å². The largest absolute Gasteiger partial charge is 0.356 e. The maximum absolute atomic E-state index is 11.2. The Bertz CT molecular complexity index is 149. The zero-order valence-corrected chi connectivity index (χ0v) is 9.24. The van der Waals surface area contributed by atoms with Crippen LogP contribution >= 0.6 is 0 Å². The third-order valence-corrected chi connectivity index (χ3v) is 1.65. The molecule has 1 amide bonds. The number of hydrogen-bond acceptors (Lipinski definition) is 2. The highest BCUT2D eigenvalue weighted by Crippen LogP contribution is 2.10. The zero-order chi connectivity index (χ0) is 10.3. The highest BCUT2D eigenvalue weighted by Gasteiger charge is 2.11. The van der Waals surface area contributed by atoms with E-state index in [4.69, 9.17) is 0 Å². The molecule has 0 saturated carbocycles. The van der Waals surface area contributed by atoms with Gasteiger partial charge in [-0.15, -0.1) is 0 Å². The van der Waals surface area contributed by atoms with Gasteiger partial charge >= 0.3 is 0 Å². The van der Waals surface area contributed by atoms with E-state index >= 15 is 0 Å². The van der Waals surface area contributed by atoms with Crippen LogP contribution < -0.4 is 10.6 Å². The van der Waals surface area contributed by atoms with E-state index in [0.29, 0.717) is 6.42 Å². The molecule has 0 aromatic rings. The van der Waals surface area contributed by atoms with Crippen molar-refractivity contribution in [3.63, 3.8) is 0 Å². The predicted octanol–water partition coefficient (Wildman–Crippen LogP) is 1.15. The molecule has 0 heterocycles. The van der Waals surface area contributed by atoms with Gasteiger partial charge in [0.1, 0.15) is 0 Å². The second kappa shape index (κ2) is 5.97. The molecule has 2 N–H and O–H groups in total. The molecule has 3 heteroatoms. The van der Waals surface area contributed by atoms with Gasteiger partial charge in [-0.05, 0) is 25.4 Å². The van der Waals surface area contributed by atoms with E-state index in [0.717, 1.165) is 19.5 Å². The van der Waals surface area contributed by atoms with Gasteiger partial charge in [-0.2, -0.15) is 0 Å². The summed E-state index contributed by atoms with van der Waals surface area (Å²) in [6.07, 6.45) is 1.53. The minimum atomic E-state index is 0.158. The molecule has 0 bridgehead atoms. The third kappa shape index (κ3) is 9.34. The lowest BCUT2D eigenvalue weighted by Gasteiger charge is -2.18. The van der Waals surface area contributed by atoms with Crippen molar-refractivity contribution in [2.45, 2.75) is 33.6 Å². The van der Waals surface area contributed by atoms with Crippen molar-refractivity contribution in [3.05, 3.63) is 0 Å². The summed E-state index contributed by atoms with van der Waals surface area (Å²) in [6.45, 7) is 8.00. The van der Waals surface area contributed by atoms with Gasteiger partial charge in [-0.25, -0.2) is 0 Å². The molecule has 78 valence electrons. The summed E-state index contributed by atoms with van der Waals surface area (Å²) < 4.78 is 0. The summed E-state index contributed by atoms with van der Waals surface area (Å²) in [6, 6.07) is 0. The second-order valence-corrected chi connectivity index (χ2v) is 4.54. The molecule has 13 heavy (non-hydrogen) atoms. The number of amides is 1. The first kappa shape index (κ1) is 12.4. The highest BCUT2D eigenvalue weighted by molar-refractivity contribution is 5.75. The molecule has 0 atom stereocenters. The monoisotopic (exact) mass is 186 g/mol. The van der Waals surface area contributed by atoms with Gasteiger partial charge in [0.25, 0.3) is 0 Å². The Morgan fingerprint density at radius 1 is 1.31 bits per heavy atom. The van der Waals surface area contributed by atoms with Crippen LogP contribution in [-0.2, 0) is 4.79 Å². The van der Waals surface area contributed by atoms with Gasteiger partial charge in [-0.1, -0.05) is 20.8 Å². The molecule has 0 radical (unpaired) electrons. The van der Waals surface area contributed by atoms with Crippen molar-refractivity contribution in [1.82, 2.24) is 10.6 Å². The first-order valence-corrected chi connectivity index (χ1v) is 4.87. The maximum Gasteiger partial charge on any atom is 0.220 e. The minimum absolute atomic E-state index is 0.158. The van der Waals surface area contributed by atoms with Crippen LogP contribution in [0.1, 0.15) is 33.6 Å². The van der Waals surface area contributed by atoms with E-state index in [-0.39, 0.29) is 11.3 Å². The van der Waals surface area contributed by atoms with Gasteiger partial charge in [0, 0.05) is 13.0 Å². The van der Waals surface area contributed by atoms with Crippen LogP contribution in [0.4, 0.5) is 0 Å². The average molecular weight is 186 g/mol. The fraction of sp³-hybridized carbons (Fsp3) is 0.900. The van der Waals surface area contributed by atoms with E-state index < -0.39 is 0 Å². The Kier molecular flexibility index (Phi) is 5.71. The summed E-state index contributed by atoms with van der Waals surface area (Å²) in [4.78, 5) is 11.2. The quantitative estimate of drug-likeness (QED) is 0.632. The summed E-state index contributed by atoms with van der Waals surface area (Å²) >= 11 is 0. The van der Waals surface area contributed by atoms with E-state index in [2.05, 4.69) is 31.4 Å². The molecule has 0 rings (SSSR count). The lowest BCUT2D eigenvalue weighted by molar-refractivity contribution is -0.121. The fourth-order valence-electron chi connectivity index (χ4n) is 0.878. The normalized spacial score (nSPS) is 11.4. The van der Waals surface area contributed by atoms with E-state index in [9.17, 15) is 4.79 Å². The van der Waals surface area contributed by atoms with Crippen molar-refractivity contribution >= 4 is 5.91 Å². The molecule has 0 saturated heterocycles. The molecular formula is C10H22N2O. The number of hydrogen-bond donors (Lipinski definition) is 2.